The highest BCUT2D eigenvalue weighted by Gasteiger charge is 2.30. The van der Waals surface area contributed by atoms with Crippen molar-refractivity contribution in [2.24, 2.45) is 0 Å². The summed E-state index contributed by atoms with van der Waals surface area (Å²) >= 11 is 1.74. The van der Waals surface area contributed by atoms with Gasteiger partial charge in [0.25, 0.3) is 0 Å². The number of carbonyl (C=O) groups is 1. The van der Waals surface area contributed by atoms with Crippen LogP contribution >= 0.6 is 11.3 Å². The molecule has 0 radical (unpaired) electrons. The molecule has 140 valence electrons. The van der Waals surface area contributed by atoms with Gasteiger partial charge in [0.2, 0.25) is 5.91 Å². The van der Waals surface area contributed by atoms with Crippen molar-refractivity contribution >= 4 is 38.8 Å². The molecule has 0 aliphatic carbocycles. The van der Waals surface area contributed by atoms with Crippen LogP contribution in [0.1, 0.15) is 23.9 Å². The number of likely N-dealkylation sites (tertiary alicyclic amines) is 1. The number of para-hydroxylation sites is 1. The second-order valence-electron chi connectivity index (χ2n) is 7.14. The summed E-state index contributed by atoms with van der Waals surface area (Å²) in [7, 11) is 4.01. The molecule has 1 saturated heterocycles. The summed E-state index contributed by atoms with van der Waals surface area (Å²) in [4.78, 5) is 21.7. The van der Waals surface area contributed by atoms with E-state index in [9.17, 15) is 4.79 Å². The predicted molar refractivity (Wildman–Crippen MR) is 113 cm³/mol. The van der Waals surface area contributed by atoms with E-state index in [1.165, 1.54) is 4.70 Å². The number of nitrogens with one attached hydrogen (secondary N) is 1. The van der Waals surface area contributed by atoms with Gasteiger partial charge in [-0.25, -0.2) is 4.98 Å². The number of thiazole rings is 1. The van der Waals surface area contributed by atoms with Crippen molar-refractivity contribution in [3.8, 4) is 0 Å². The van der Waals surface area contributed by atoms with E-state index < -0.39 is 0 Å². The maximum atomic E-state index is 12.6. The van der Waals surface area contributed by atoms with Crippen molar-refractivity contribution in [1.29, 1.82) is 0 Å². The molecule has 1 aromatic heterocycles. The number of hydrogen-bond donors (Lipinski definition) is 1. The van der Waals surface area contributed by atoms with Crippen LogP contribution in [0.2, 0.25) is 0 Å². The first kappa shape index (κ1) is 17.9. The summed E-state index contributed by atoms with van der Waals surface area (Å²) in [6.07, 6.45) is 2.16. The Labute approximate surface area is 163 Å². The highest BCUT2D eigenvalue weighted by Crippen LogP contribution is 2.36. The zero-order valence-corrected chi connectivity index (χ0v) is 16.5. The molecule has 1 aliphatic rings. The number of carbonyl (C=O) groups excluding carboxylic acids is 1. The summed E-state index contributed by atoms with van der Waals surface area (Å²) in [6.45, 7) is 1.34. The average molecular weight is 381 g/mol. The third kappa shape index (κ3) is 3.96. The molecular weight excluding hydrogens is 356 g/mol. The first-order valence-electron chi connectivity index (χ1n) is 9.27. The molecule has 5 nitrogen and oxygen atoms in total. The van der Waals surface area contributed by atoms with Crippen LogP contribution < -0.4 is 10.2 Å². The zero-order chi connectivity index (χ0) is 18.8. The maximum absolute atomic E-state index is 12.6. The normalized spacial score (nSPS) is 17.3. The summed E-state index contributed by atoms with van der Waals surface area (Å²) in [5.41, 5.74) is 3.00. The molecule has 0 saturated carbocycles. The van der Waals surface area contributed by atoms with E-state index in [0.717, 1.165) is 41.3 Å². The molecular formula is C21H24N4OS. The topological polar surface area (TPSA) is 48.5 Å². The van der Waals surface area contributed by atoms with E-state index in [1.807, 2.05) is 55.4 Å². The Kier molecular flexibility index (Phi) is 5.09. The van der Waals surface area contributed by atoms with Gasteiger partial charge in [-0.05, 0) is 55.8 Å². The molecule has 2 aromatic carbocycles. The number of nitrogens with zero attached hydrogens (tertiary/aromatic N) is 3. The summed E-state index contributed by atoms with van der Waals surface area (Å²) in [5, 5.41) is 4.14. The molecule has 27 heavy (non-hydrogen) atoms. The van der Waals surface area contributed by atoms with Gasteiger partial charge in [0, 0.05) is 25.5 Å². The molecule has 6 heteroatoms. The Hall–Kier alpha value is -2.44. The second-order valence-corrected chi connectivity index (χ2v) is 8.20. The van der Waals surface area contributed by atoms with Crippen LogP contribution in [0.25, 0.3) is 10.2 Å². The Bertz CT molecular complexity index is 902. The van der Waals surface area contributed by atoms with Crippen LogP contribution in [0, 0.1) is 0 Å². The molecule has 3 aromatic rings. The van der Waals surface area contributed by atoms with Crippen molar-refractivity contribution in [3.63, 3.8) is 0 Å². The third-order valence-electron chi connectivity index (χ3n) is 4.97. The quantitative estimate of drug-likeness (QED) is 0.723. The van der Waals surface area contributed by atoms with E-state index in [-0.39, 0.29) is 11.9 Å². The lowest BCUT2D eigenvalue weighted by molar-refractivity contribution is -0.117. The van der Waals surface area contributed by atoms with Gasteiger partial charge >= 0.3 is 0 Å². The number of anilines is 2. The maximum Gasteiger partial charge on any atom is 0.238 e. The van der Waals surface area contributed by atoms with Gasteiger partial charge in [-0.1, -0.05) is 12.1 Å². The van der Waals surface area contributed by atoms with Gasteiger partial charge in [0.05, 0.1) is 22.8 Å². The number of aromatic nitrogens is 1. The van der Waals surface area contributed by atoms with Crippen molar-refractivity contribution in [2.45, 2.75) is 18.9 Å². The Morgan fingerprint density at radius 3 is 2.74 bits per heavy atom. The minimum Gasteiger partial charge on any atom is -0.378 e. The summed E-state index contributed by atoms with van der Waals surface area (Å²) in [5.74, 6) is 0.0283. The van der Waals surface area contributed by atoms with Gasteiger partial charge in [-0.15, -0.1) is 11.3 Å². The van der Waals surface area contributed by atoms with E-state index >= 15 is 0 Å². The van der Waals surface area contributed by atoms with E-state index in [4.69, 9.17) is 4.98 Å². The van der Waals surface area contributed by atoms with E-state index in [0.29, 0.717) is 6.54 Å². The zero-order valence-electron chi connectivity index (χ0n) is 15.7. The van der Waals surface area contributed by atoms with Gasteiger partial charge < -0.3 is 10.2 Å². The van der Waals surface area contributed by atoms with Crippen LogP contribution in [0.15, 0.2) is 48.5 Å². The van der Waals surface area contributed by atoms with Gasteiger partial charge in [-0.2, -0.15) is 0 Å². The highest BCUT2D eigenvalue weighted by atomic mass is 32.1. The van der Waals surface area contributed by atoms with Crippen LogP contribution in [-0.4, -0.2) is 43.0 Å². The molecule has 0 spiro atoms. The van der Waals surface area contributed by atoms with Crippen molar-refractivity contribution in [2.75, 3.05) is 37.4 Å². The Balaban J connectivity index is 1.42. The van der Waals surface area contributed by atoms with Crippen molar-refractivity contribution in [3.05, 3.63) is 53.5 Å². The molecule has 1 aliphatic heterocycles. The second kappa shape index (κ2) is 7.66. The number of fused-ring (bicyclic) bond motifs is 1. The largest absolute Gasteiger partial charge is 0.378 e. The molecule has 1 atom stereocenters. The molecule has 1 fully saturated rings. The Morgan fingerprint density at radius 2 is 2.00 bits per heavy atom. The fourth-order valence-electron chi connectivity index (χ4n) is 3.56. The van der Waals surface area contributed by atoms with Crippen LogP contribution in [-0.2, 0) is 4.79 Å². The molecule has 0 bridgehead atoms. The van der Waals surface area contributed by atoms with E-state index in [2.05, 4.69) is 22.3 Å². The molecule has 1 unspecified atom stereocenters. The lowest BCUT2D eigenvalue weighted by atomic mass is 10.2. The highest BCUT2D eigenvalue weighted by molar-refractivity contribution is 7.18. The average Bonchev–Trinajstić information content (AvgIpc) is 3.28. The van der Waals surface area contributed by atoms with Crippen LogP contribution in [0.5, 0.6) is 0 Å². The lowest BCUT2D eigenvalue weighted by Gasteiger charge is -2.22. The fraction of sp³-hybridized carbons (Fsp3) is 0.333. The van der Waals surface area contributed by atoms with Crippen LogP contribution in [0.3, 0.4) is 0 Å². The first-order chi connectivity index (χ1) is 13.1. The minimum atomic E-state index is 0.0283. The van der Waals surface area contributed by atoms with Crippen LogP contribution in [0.4, 0.5) is 11.4 Å². The fourth-order valence-corrected chi connectivity index (χ4v) is 4.69. The SMILES string of the molecule is CN(C)c1ccc(NC(=O)CN2CCCC2c2nc3ccccc3s2)cc1. The summed E-state index contributed by atoms with van der Waals surface area (Å²) < 4.78 is 1.21. The van der Waals surface area contributed by atoms with Gasteiger partial charge in [0.15, 0.2) is 0 Å². The number of benzene rings is 2. The summed E-state index contributed by atoms with van der Waals surface area (Å²) in [6, 6.07) is 16.4. The molecule has 4 rings (SSSR count). The molecule has 1 amide bonds. The monoisotopic (exact) mass is 380 g/mol. The standard InChI is InChI=1S/C21H24N4OS/c1-24(2)16-11-9-15(10-12-16)22-20(26)14-25-13-5-7-18(25)21-23-17-6-3-4-8-19(17)27-21/h3-4,6,8-12,18H,5,7,13-14H2,1-2H3,(H,22,26). The predicted octanol–water partition coefficient (Wildman–Crippen LogP) is 4.14. The van der Waals surface area contributed by atoms with Gasteiger partial charge in [0.1, 0.15) is 5.01 Å². The smallest absolute Gasteiger partial charge is 0.238 e. The third-order valence-corrected chi connectivity index (χ3v) is 6.11. The van der Waals surface area contributed by atoms with E-state index in [1.54, 1.807) is 11.3 Å². The number of hydrogen-bond acceptors (Lipinski definition) is 5. The number of rotatable bonds is 5. The first-order valence-corrected chi connectivity index (χ1v) is 10.1. The molecule has 1 N–H and O–H groups in total. The van der Waals surface area contributed by atoms with Gasteiger partial charge in [-0.3, -0.25) is 9.69 Å². The molecule has 2 heterocycles. The Morgan fingerprint density at radius 1 is 1.22 bits per heavy atom. The minimum absolute atomic E-state index is 0.0283. The van der Waals surface area contributed by atoms with Crippen molar-refractivity contribution in [1.82, 2.24) is 9.88 Å². The van der Waals surface area contributed by atoms with Crippen molar-refractivity contribution < 1.29 is 4.79 Å². The number of amides is 1. The lowest BCUT2D eigenvalue weighted by Crippen LogP contribution is -2.32.